The minimum atomic E-state index is -0.833. The Morgan fingerprint density at radius 1 is 1.22 bits per heavy atom. The number of hydrogen-bond donors (Lipinski definition) is 1. The Kier molecular flexibility index (Phi) is 5.73. The van der Waals surface area contributed by atoms with Crippen LogP contribution >= 0.6 is 0 Å². The van der Waals surface area contributed by atoms with Crippen molar-refractivity contribution in [3.8, 4) is 5.75 Å². The van der Waals surface area contributed by atoms with Gasteiger partial charge < -0.3 is 14.5 Å². The lowest BCUT2D eigenvalue weighted by atomic mass is 10.1. The van der Waals surface area contributed by atoms with E-state index in [9.17, 15) is 14.0 Å². The van der Waals surface area contributed by atoms with Gasteiger partial charge in [0.05, 0.1) is 5.69 Å². The van der Waals surface area contributed by atoms with Crippen molar-refractivity contribution in [2.45, 2.75) is 19.8 Å². The molecule has 1 N–H and O–H groups in total. The third-order valence-electron chi connectivity index (χ3n) is 4.46. The van der Waals surface area contributed by atoms with Gasteiger partial charge in [0.25, 0.3) is 11.5 Å². The second kappa shape index (κ2) is 8.20. The van der Waals surface area contributed by atoms with Crippen LogP contribution < -0.4 is 15.2 Å². The van der Waals surface area contributed by atoms with Crippen LogP contribution in [-0.2, 0) is 4.79 Å². The molecular formula is C19H23FN4O3. The van der Waals surface area contributed by atoms with E-state index in [2.05, 4.69) is 9.97 Å². The maximum atomic E-state index is 13.9. The van der Waals surface area contributed by atoms with Crippen LogP contribution in [0.25, 0.3) is 0 Å². The van der Waals surface area contributed by atoms with E-state index in [1.165, 1.54) is 0 Å². The third-order valence-corrected chi connectivity index (χ3v) is 4.46. The van der Waals surface area contributed by atoms with E-state index in [0.29, 0.717) is 37.9 Å². The Hall–Kier alpha value is -2.90. The molecule has 0 saturated carbocycles. The molecule has 0 radical (unpaired) electrons. The number of ether oxygens (including phenoxy) is 1. The predicted molar refractivity (Wildman–Crippen MR) is 99.6 cm³/mol. The molecule has 0 unspecified atom stereocenters. The van der Waals surface area contributed by atoms with Crippen molar-refractivity contribution in [3.05, 3.63) is 52.2 Å². The third kappa shape index (κ3) is 4.45. The SMILES string of the molecule is CC(C)c1nc(N2CCN(C(=O)COc3ccccc3)CC2)[nH]c(=O)c1F. The first-order valence-electron chi connectivity index (χ1n) is 8.96. The van der Waals surface area contributed by atoms with Crippen molar-refractivity contribution >= 4 is 11.9 Å². The number of H-pyrrole nitrogens is 1. The maximum Gasteiger partial charge on any atom is 0.288 e. The molecule has 144 valence electrons. The molecule has 8 heteroatoms. The Bertz CT molecular complexity index is 846. The fourth-order valence-electron chi connectivity index (χ4n) is 2.92. The number of para-hydroxylation sites is 1. The van der Waals surface area contributed by atoms with Gasteiger partial charge in [0.15, 0.2) is 6.61 Å². The number of amides is 1. The number of anilines is 1. The van der Waals surface area contributed by atoms with E-state index in [0.717, 1.165) is 0 Å². The van der Waals surface area contributed by atoms with Crippen molar-refractivity contribution in [1.82, 2.24) is 14.9 Å². The largest absolute Gasteiger partial charge is 0.484 e. The number of rotatable bonds is 5. The van der Waals surface area contributed by atoms with E-state index in [1.807, 2.05) is 23.1 Å². The molecule has 1 fully saturated rings. The molecule has 3 rings (SSSR count). The molecule has 1 aliphatic heterocycles. The highest BCUT2D eigenvalue weighted by Crippen LogP contribution is 2.17. The highest BCUT2D eigenvalue weighted by Gasteiger charge is 2.24. The van der Waals surface area contributed by atoms with E-state index in [4.69, 9.17) is 4.74 Å². The van der Waals surface area contributed by atoms with Gasteiger partial charge in [0, 0.05) is 26.2 Å². The van der Waals surface area contributed by atoms with Gasteiger partial charge in [-0.25, -0.2) is 4.98 Å². The number of carbonyl (C=O) groups is 1. The molecule has 0 aliphatic carbocycles. The number of aromatic amines is 1. The van der Waals surface area contributed by atoms with Crippen LogP contribution in [0.4, 0.5) is 10.3 Å². The van der Waals surface area contributed by atoms with E-state index >= 15 is 0 Å². The second-order valence-electron chi connectivity index (χ2n) is 6.71. The molecule has 0 spiro atoms. The van der Waals surface area contributed by atoms with Crippen molar-refractivity contribution in [3.63, 3.8) is 0 Å². The molecule has 1 aliphatic rings. The topological polar surface area (TPSA) is 78.5 Å². The van der Waals surface area contributed by atoms with Crippen molar-refractivity contribution in [2.24, 2.45) is 0 Å². The summed E-state index contributed by atoms with van der Waals surface area (Å²) in [5.41, 5.74) is -0.609. The van der Waals surface area contributed by atoms with Crippen LogP contribution in [0.15, 0.2) is 35.1 Å². The zero-order valence-corrected chi connectivity index (χ0v) is 15.4. The number of hydrogen-bond acceptors (Lipinski definition) is 5. The van der Waals surface area contributed by atoms with Gasteiger partial charge >= 0.3 is 0 Å². The number of aromatic nitrogens is 2. The van der Waals surface area contributed by atoms with E-state index < -0.39 is 11.4 Å². The Morgan fingerprint density at radius 3 is 2.52 bits per heavy atom. The number of piperazine rings is 1. The van der Waals surface area contributed by atoms with Gasteiger partial charge in [-0.2, -0.15) is 4.39 Å². The van der Waals surface area contributed by atoms with Crippen molar-refractivity contribution in [1.29, 1.82) is 0 Å². The summed E-state index contributed by atoms with van der Waals surface area (Å²) < 4.78 is 19.4. The molecule has 2 heterocycles. The van der Waals surface area contributed by atoms with Gasteiger partial charge in [-0.3, -0.25) is 14.6 Å². The Labute approximate surface area is 156 Å². The first kappa shape index (κ1) is 18.9. The summed E-state index contributed by atoms with van der Waals surface area (Å²) in [5.74, 6) is -0.122. The Balaban J connectivity index is 1.59. The van der Waals surface area contributed by atoms with Gasteiger partial charge in [-0.1, -0.05) is 32.0 Å². The summed E-state index contributed by atoms with van der Waals surface area (Å²) in [6.45, 7) is 5.53. The Morgan fingerprint density at radius 2 is 1.89 bits per heavy atom. The first-order chi connectivity index (χ1) is 13.0. The summed E-state index contributed by atoms with van der Waals surface area (Å²) in [6.07, 6.45) is 0. The van der Waals surface area contributed by atoms with E-state index in [-0.39, 0.29) is 24.1 Å². The standard InChI is InChI=1S/C19H23FN4O3/c1-13(2)17-16(20)18(26)22-19(21-17)24-10-8-23(9-11-24)15(25)12-27-14-6-4-3-5-7-14/h3-7,13H,8-12H2,1-2H3,(H,21,22,26). The quantitative estimate of drug-likeness (QED) is 0.863. The lowest BCUT2D eigenvalue weighted by molar-refractivity contribution is -0.133. The molecular weight excluding hydrogens is 351 g/mol. The average Bonchev–Trinajstić information content (AvgIpc) is 2.68. The summed E-state index contributed by atoms with van der Waals surface area (Å²) in [7, 11) is 0. The molecule has 7 nitrogen and oxygen atoms in total. The molecule has 1 aromatic carbocycles. The number of halogens is 1. The zero-order valence-electron chi connectivity index (χ0n) is 15.4. The van der Waals surface area contributed by atoms with Crippen LogP contribution in [0.5, 0.6) is 5.75 Å². The highest BCUT2D eigenvalue weighted by atomic mass is 19.1. The summed E-state index contributed by atoms with van der Waals surface area (Å²) in [6, 6.07) is 9.18. The van der Waals surface area contributed by atoms with E-state index in [1.54, 1.807) is 30.9 Å². The van der Waals surface area contributed by atoms with Gasteiger partial charge in [0.1, 0.15) is 5.75 Å². The minimum Gasteiger partial charge on any atom is -0.484 e. The molecule has 2 aromatic rings. The van der Waals surface area contributed by atoms with Crippen LogP contribution in [0.2, 0.25) is 0 Å². The van der Waals surface area contributed by atoms with Crippen LogP contribution in [-0.4, -0.2) is 53.6 Å². The first-order valence-corrected chi connectivity index (χ1v) is 8.96. The molecule has 1 amide bonds. The van der Waals surface area contributed by atoms with Crippen LogP contribution in [0, 0.1) is 5.82 Å². The lowest BCUT2D eigenvalue weighted by Gasteiger charge is -2.35. The summed E-state index contributed by atoms with van der Waals surface area (Å²) in [5, 5.41) is 0. The molecule has 1 aromatic heterocycles. The van der Waals surface area contributed by atoms with Gasteiger partial charge in [-0.05, 0) is 18.1 Å². The summed E-state index contributed by atoms with van der Waals surface area (Å²) >= 11 is 0. The molecule has 0 bridgehead atoms. The number of nitrogens with zero attached hydrogens (tertiary/aromatic N) is 3. The lowest BCUT2D eigenvalue weighted by Crippen LogP contribution is -2.50. The number of carbonyl (C=O) groups excluding carboxylic acids is 1. The second-order valence-corrected chi connectivity index (χ2v) is 6.71. The minimum absolute atomic E-state index is 0.0207. The summed E-state index contributed by atoms with van der Waals surface area (Å²) in [4.78, 5) is 34.5. The van der Waals surface area contributed by atoms with Crippen molar-refractivity contribution < 1.29 is 13.9 Å². The maximum absolute atomic E-state index is 13.9. The average molecular weight is 374 g/mol. The fraction of sp³-hybridized carbons (Fsp3) is 0.421. The van der Waals surface area contributed by atoms with Gasteiger partial charge in [0.2, 0.25) is 11.8 Å². The fourth-order valence-corrected chi connectivity index (χ4v) is 2.92. The smallest absolute Gasteiger partial charge is 0.288 e. The number of nitrogens with one attached hydrogen (secondary N) is 1. The molecule has 27 heavy (non-hydrogen) atoms. The number of benzene rings is 1. The predicted octanol–water partition coefficient (Wildman–Crippen LogP) is 1.76. The molecule has 1 saturated heterocycles. The monoisotopic (exact) mass is 374 g/mol. The van der Waals surface area contributed by atoms with Crippen LogP contribution in [0.1, 0.15) is 25.5 Å². The van der Waals surface area contributed by atoms with Crippen molar-refractivity contribution in [2.75, 3.05) is 37.7 Å². The molecule has 0 atom stereocenters. The van der Waals surface area contributed by atoms with Gasteiger partial charge in [-0.15, -0.1) is 0 Å². The van der Waals surface area contributed by atoms with Crippen LogP contribution in [0.3, 0.4) is 0 Å². The highest BCUT2D eigenvalue weighted by molar-refractivity contribution is 5.78. The zero-order chi connectivity index (χ0) is 19.4. The normalized spacial score (nSPS) is 14.5.